The molecule has 0 saturated heterocycles. The zero-order valence-corrected chi connectivity index (χ0v) is 18.7. The van der Waals surface area contributed by atoms with Crippen molar-refractivity contribution < 1.29 is 4.74 Å². The van der Waals surface area contributed by atoms with Crippen LogP contribution in [-0.4, -0.2) is 37.1 Å². The predicted octanol–water partition coefficient (Wildman–Crippen LogP) is 3.05. The first-order chi connectivity index (χ1) is 15.1. The highest BCUT2D eigenvalue weighted by Crippen LogP contribution is 2.30. The molecule has 154 valence electrons. The highest BCUT2D eigenvalue weighted by atomic mass is 127. The van der Waals surface area contributed by atoms with Crippen LogP contribution in [0.2, 0.25) is 0 Å². The minimum absolute atomic E-state index is 0.0968. The number of rotatable bonds is 6. The monoisotopic (exact) mass is 524 g/mol. The van der Waals surface area contributed by atoms with Crippen molar-refractivity contribution in [2.24, 2.45) is 0 Å². The van der Waals surface area contributed by atoms with Gasteiger partial charge in [-0.25, -0.2) is 14.6 Å². The van der Waals surface area contributed by atoms with Gasteiger partial charge < -0.3 is 10.5 Å². The van der Waals surface area contributed by atoms with Gasteiger partial charge in [0.1, 0.15) is 5.69 Å². The van der Waals surface area contributed by atoms with Gasteiger partial charge in [-0.1, -0.05) is 17.3 Å². The molecule has 0 amide bonds. The third kappa shape index (κ3) is 4.68. The van der Waals surface area contributed by atoms with E-state index in [2.05, 4.69) is 53.9 Å². The van der Waals surface area contributed by atoms with Crippen LogP contribution in [0.4, 0.5) is 5.95 Å². The van der Waals surface area contributed by atoms with Crippen LogP contribution in [0.5, 0.6) is 0 Å². The lowest BCUT2D eigenvalue weighted by Crippen LogP contribution is -2.04. The Labute approximate surface area is 192 Å². The van der Waals surface area contributed by atoms with E-state index >= 15 is 0 Å². The lowest BCUT2D eigenvalue weighted by atomic mass is 10.0. The fraction of sp³-hybridized carbons (Fsp3) is 0.143. The Kier molecular flexibility index (Phi) is 6.15. The highest BCUT2D eigenvalue weighted by molar-refractivity contribution is 14.1. The van der Waals surface area contributed by atoms with Crippen LogP contribution in [0.1, 0.15) is 17.0 Å². The number of methoxy groups -OCH3 is 1. The Bertz CT molecular complexity index is 1280. The first-order valence-corrected chi connectivity index (χ1v) is 10.3. The summed E-state index contributed by atoms with van der Waals surface area (Å²) < 4.78 is 7.71. The summed E-state index contributed by atoms with van der Waals surface area (Å²) in [6.45, 7) is 0.898. The third-order valence-corrected chi connectivity index (χ3v) is 5.31. The molecule has 0 radical (unpaired) electrons. The molecular formula is C21H17IN8O. The van der Waals surface area contributed by atoms with Crippen molar-refractivity contribution in [2.75, 3.05) is 12.8 Å². The highest BCUT2D eigenvalue weighted by Gasteiger charge is 2.15. The van der Waals surface area contributed by atoms with Crippen LogP contribution >= 0.6 is 22.6 Å². The number of benzene rings is 1. The van der Waals surface area contributed by atoms with E-state index < -0.39 is 0 Å². The van der Waals surface area contributed by atoms with Crippen molar-refractivity contribution in [2.45, 2.75) is 13.2 Å². The van der Waals surface area contributed by atoms with E-state index in [-0.39, 0.29) is 5.95 Å². The Hall–Kier alpha value is -3.43. The summed E-state index contributed by atoms with van der Waals surface area (Å²) in [7, 11) is 1.63. The molecule has 10 heteroatoms. The summed E-state index contributed by atoms with van der Waals surface area (Å²) in [6, 6.07) is 15.2. The number of nitrogens with zero attached hydrogens (tertiary/aromatic N) is 7. The van der Waals surface area contributed by atoms with Crippen molar-refractivity contribution in [3.63, 3.8) is 0 Å². The molecule has 9 nitrogen and oxygen atoms in total. The molecular weight excluding hydrogens is 507 g/mol. The smallest absolute Gasteiger partial charge is 0.221 e. The number of anilines is 1. The molecule has 0 atom stereocenters. The number of ether oxygens (including phenoxy) is 1. The lowest BCUT2D eigenvalue weighted by Gasteiger charge is -2.08. The third-order valence-electron chi connectivity index (χ3n) is 4.42. The lowest BCUT2D eigenvalue weighted by molar-refractivity contribution is 0.181. The minimum atomic E-state index is 0.0968. The maximum atomic E-state index is 9.49. The largest absolute Gasteiger partial charge is 0.378 e. The molecule has 3 aromatic heterocycles. The van der Waals surface area contributed by atoms with Gasteiger partial charge in [-0.15, -0.1) is 5.10 Å². The van der Waals surface area contributed by atoms with Crippen LogP contribution in [-0.2, 0) is 17.9 Å². The van der Waals surface area contributed by atoms with E-state index in [0.29, 0.717) is 41.4 Å². The van der Waals surface area contributed by atoms with Gasteiger partial charge in [0.15, 0.2) is 0 Å². The van der Waals surface area contributed by atoms with Crippen molar-refractivity contribution in [3.8, 4) is 28.7 Å². The maximum absolute atomic E-state index is 9.49. The van der Waals surface area contributed by atoms with E-state index in [0.717, 1.165) is 15.0 Å². The molecule has 0 aliphatic rings. The Morgan fingerprint density at radius 1 is 1.06 bits per heavy atom. The number of aromatic nitrogens is 6. The van der Waals surface area contributed by atoms with Crippen molar-refractivity contribution in [1.29, 1.82) is 5.26 Å². The first-order valence-electron chi connectivity index (χ1n) is 9.25. The molecule has 31 heavy (non-hydrogen) atoms. The van der Waals surface area contributed by atoms with Crippen LogP contribution in [0.3, 0.4) is 0 Å². The van der Waals surface area contributed by atoms with E-state index in [4.69, 9.17) is 10.5 Å². The summed E-state index contributed by atoms with van der Waals surface area (Å²) in [4.78, 5) is 13.2. The van der Waals surface area contributed by atoms with Crippen molar-refractivity contribution in [1.82, 2.24) is 29.9 Å². The maximum Gasteiger partial charge on any atom is 0.221 e. The van der Waals surface area contributed by atoms with E-state index in [1.165, 1.54) is 0 Å². The van der Waals surface area contributed by atoms with E-state index in [9.17, 15) is 5.26 Å². The van der Waals surface area contributed by atoms with Gasteiger partial charge in [0.05, 0.1) is 53.8 Å². The standard InChI is InChI=1S/C21H17IN8O/c1-31-12-15-6-3-5-14(25-15)10-30-11-19(28-29-30)17-8-18(27-21(24)26-17)20-13(9-23)4-2-7-16(20)22/h2-8,11H,10,12H2,1H3,(H2,24,26,27). The molecule has 0 aliphatic heterocycles. The normalized spacial score (nSPS) is 10.7. The second-order valence-electron chi connectivity index (χ2n) is 6.63. The summed E-state index contributed by atoms with van der Waals surface area (Å²) in [5, 5.41) is 17.9. The van der Waals surface area contributed by atoms with Crippen molar-refractivity contribution >= 4 is 28.5 Å². The van der Waals surface area contributed by atoms with E-state index in [1.807, 2.05) is 30.3 Å². The fourth-order valence-electron chi connectivity index (χ4n) is 3.11. The average molecular weight is 524 g/mol. The molecule has 0 aliphatic carbocycles. The van der Waals surface area contributed by atoms with Gasteiger partial charge >= 0.3 is 0 Å². The van der Waals surface area contributed by atoms with Gasteiger partial charge in [0.25, 0.3) is 0 Å². The molecule has 1 aromatic carbocycles. The quantitative estimate of drug-likeness (QED) is 0.382. The van der Waals surface area contributed by atoms with Crippen molar-refractivity contribution in [3.05, 3.63) is 69.2 Å². The zero-order chi connectivity index (χ0) is 21.8. The Morgan fingerprint density at radius 2 is 1.84 bits per heavy atom. The topological polar surface area (TPSA) is 128 Å². The molecule has 4 aromatic rings. The molecule has 0 saturated carbocycles. The summed E-state index contributed by atoms with van der Waals surface area (Å²) in [5.74, 6) is 0.0968. The molecule has 0 spiro atoms. The van der Waals surface area contributed by atoms with Gasteiger partial charge in [-0.3, -0.25) is 4.98 Å². The minimum Gasteiger partial charge on any atom is -0.378 e. The fourth-order valence-corrected chi connectivity index (χ4v) is 3.88. The van der Waals surface area contributed by atoms with Crippen LogP contribution < -0.4 is 5.73 Å². The summed E-state index contributed by atoms with van der Waals surface area (Å²) >= 11 is 2.18. The molecule has 2 N–H and O–H groups in total. The Balaban J connectivity index is 1.66. The molecule has 0 unspecified atom stereocenters. The second-order valence-corrected chi connectivity index (χ2v) is 7.79. The van der Waals surface area contributed by atoms with Gasteiger partial charge in [-0.05, 0) is 52.9 Å². The van der Waals surface area contributed by atoms with Crippen LogP contribution in [0.25, 0.3) is 22.6 Å². The molecule has 0 bridgehead atoms. The van der Waals surface area contributed by atoms with Crippen LogP contribution in [0.15, 0.2) is 48.7 Å². The molecule has 3 heterocycles. The number of nitriles is 1. The second kappa shape index (κ2) is 9.15. The Morgan fingerprint density at radius 3 is 2.65 bits per heavy atom. The van der Waals surface area contributed by atoms with Gasteiger partial charge in [0.2, 0.25) is 5.95 Å². The number of hydrogen-bond acceptors (Lipinski definition) is 8. The summed E-state index contributed by atoms with van der Waals surface area (Å²) in [5.41, 5.74) is 10.5. The number of nitrogens with two attached hydrogens (primary N) is 1. The SMILES string of the molecule is COCc1cccc(Cn2cc(-c3cc(-c4c(I)cccc4C#N)nc(N)n3)nn2)n1. The van der Waals surface area contributed by atoms with E-state index in [1.54, 1.807) is 30.1 Å². The van der Waals surface area contributed by atoms with Crippen LogP contribution in [0, 0.1) is 14.9 Å². The number of halogens is 1. The molecule has 0 fully saturated rings. The molecule has 4 rings (SSSR count). The average Bonchev–Trinajstić information content (AvgIpc) is 3.22. The summed E-state index contributed by atoms with van der Waals surface area (Å²) in [6.07, 6.45) is 1.78. The number of pyridine rings is 1. The predicted molar refractivity (Wildman–Crippen MR) is 122 cm³/mol. The first kappa shape index (κ1) is 20.8. The zero-order valence-electron chi connectivity index (χ0n) is 16.5. The number of hydrogen-bond donors (Lipinski definition) is 1. The van der Waals surface area contributed by atoms with Gasteiger partial charge in [-0.2, -0.15) is 5.26 Å². The number of nitrogen functional groups attached to an aromatic ring is 1. The van der Waals surface area contributed by atoms with Gasteiger partial charge in [0, 0.05) is 16.2 Å².